The Balaban J connectivity index is 2.54. The molecule has 1 aromatic carbocycles. The zero-order chi connectivity index (χ0) is 18.6. The largest absolute Gasteiger partial charge is 0.492 e. The minimum Gasteiger partial charge on any atom is -0.492 e. The number of amides is 2. The van der Waals surface area contributed by atoms with Gasteiger partial charge in [-0.15, -0.1) is 0 Å². The van der Waals surface area contributed by atoms with Crippen LogP contribution in [0.4, 0.5) is 4.79 Å². The monoisotopic (exact) mass is 474 g/mol. The molecule has 2 rings (SSSR count). The lowest BCUT2D eigenvalue weighted by Gasteiger charge is -2.29. The molecule has 25 heavy (non-hydrogen) atoms. The summed E-state index contributed by atoms with van der Waals surface area (Å²) in [7, 11) is 0. The summed E-state index contributed by atoms with van der Waals surface area (Å²) in [5, 5.41) is 5.50. The van der Waals surface area contributed by atoms with Crippen LogP contribution in [0.5, 0.6) is 5.75 Å². The van der Waals surface area contributed by atoms with Crippen molar-refractivity contribution in [2.45, 2.75) is 33.2 Å². The zero-order valence-corrected chi connectivity index (χ0v) is 17.4. The number of hydrogen-bond acceptors (Lipinski definition) is 4. The van der Waals surface area contributed by atoms with Crippen molar-refractivity contribution in [3.8, 4) is 5.75 Å². The summed E-state index contributed by atoms with van der Waals surface area (Å²) in [6, 6.07) is 2.71. The lowest BCUT2D eigenvalue weighted by Crippen LogP contribution is -2.45. The molecule has 0 spiro atoms. The highest BCUT2D eigenvalue weighted by molar-refractivity contribution is 9.11. The van der Waals surface area contributed by atoms with Crippen molar-refractivity contribution in [2.75, 3.05) is 13.2 Å². The molecular formula is C17H20Br2N2O4. The molecule has 6 nitrogen and oxygen atoms in total. The molecule has 1 aliphatic rings. The fraction of sp³-hybridized carbons (Fsp3) is 0.412. The third-order valence-electron chi connectivity index (χ3n) is 3.65. The predicted octanol–water partition coefficient (Wildman–Crippen LogP) is 4.19. The molecule has 0 aromatic heterocycles. The molecule has 2 N–H and O–H groups in total. The highest BCUT2D eigenvalue weighted by Crippen LogP contribution is 2.39. The smallest absolute Gasteiger partial charge is 0.338 e. The number of hydrogen-bond donors (Lipinski definition) is 2. The van der Waals surface area contributed by atoms with Crippen LogP contribution >= 0.6 is 31.9 Å². The molecule has 1 heterocycles. The summed E-state index contributed by atoms with van der Waals surface area (Å²) < 4.78 is 12.2. The van der Waals surface area contributed by atoms with E-state index in [0.29, 0.717) is 30.0 Å². The SMILES string of the molecule is CCOC(=O)C1=C(CC)NC(=O)NC1c1cc(Br)c(OCC)c(Br)c1. The van der Waals surface area contributed by atoms with Gasteiger partial charge in [0.15, 0.2) is 0 Å². The van der Waals surface area contributed by atoms with Crippen molar-refractivity contribution in [1.82, 2.24) is 10.6 Å². The number of allylic oxidation sites excluding steroid dienone is 1. The van der Waals surface area contributed by atoms with E-state index in [1.165, 1.54) is 0 Å². The summed E-state index contributed by atoms with van der Waals surface area (Å²) in [5.41, 5.74) is 1.71. The summed E-state index contributed by atoms with van der Waals surface area (Å²) in [6.07, 6.45) is 0.511. The minimum absolute atomic E-state index is 0.261. The second kappa shape index (κ2) is 8.71. The van der Waals surface area contributed by atoms with Gasteiger partial charge >= 0.3 is 12.0 Å². The number of ether oxygens (including phenoxy) is 2. The minimum atomic E-state index is -0.606. The Morgan fingerprint density at radius 2 is 1.80 bits per heavy atom. The number of nitrogens with one attached hydrogen (secondary N) is 2. The average Bonchev–Trinajstić information content (AvgIpc) is 2.57. The third-order valence-corrected chi connectivity index (χ3v) is 4.82. The molecule has 1 unspecified atom stereocenters. The lowest BCUT2D eigenvalue weighted by molar-refractivity contribution is -0.139. The van der Waals surface area contributed by atoms with Crippen molar-refractivity contribution in [3.05, 3.63) is 37.9 Å². The normalized spacial score (nSPS) is 17.0. The molecule has 0 saturated heterocycles. The molecular weight excluding hydrogens is 456 g/mol. The number of carbonyl (C=O) groups is 2. The van der Waals surface area contributed by atoms with Gasteiger partial charge in [-0.05, 0) is 69.8 Å². The fourth-order valence-corrected chi connectivity index (χ4v) is 4.08. The van der Waals surface area contributed by atoms with Gasteiger partial charge in [0.25, 0.3) is 0 Å². The molecule has 1 aliphatic heterocycles. The van der Waals surface area contributed by atoms with Gasteiger partial charge in [-0.25, -0.2) is 9.59 Å². The number of esters is 1. The maximum absolute atomic E-state index is 12.5. The molecule has 1 aromatic rings. The molecule has 2 amide bonds. The first-order chi connectivity index (χ1) is 11.9. The van der Waals surface area contributed by atoms with E-state index in [1.54, 1.807) is 6.92 Å². The number of urea groups is 1. The highest BCUT2D eigenvalue weighted by Gasteiger charge is 2.33. The standard InChI is InChI=1S/C17H20Br2N2O4/c1-4-12-13(16(22)25-6-3)14(21-17(23)20-12)9-7-10(18)15(24-5-2)11(19)8-9/h7-8,14H,4-6H2,1-3H3,(H2,20,21,23). The van der Waals surface area contributed by atoms with Gasteiger partial charge in [0.05, 0.1) is 33.8 Å². The summed E-state index contributed by atoms with van der Waals surface area (Å²) >= 11 is 6.97. The first kappa shape index (κ1) is 19.8. The van der Waals surface area contributed by atoms with Gasteiger partial charge in [0.1, 0.15) is 5.75 Å². The van der Waals surface area contributed by atoms with E-state index < -0.39 is 12.0 Å². The maximum atomic E-state index is 12.5. The van der Waals surface area contributed by atoms with Crippen molar-refractivity contribution in [3.63, 3.8) is 0 Å². The summed E-state index contributed by atoms with van der Waals surface area (Å²) in [5.74, 6) is 0.224. The molecule has 136 valence electrons. The van der Waals surface area contributed by atoms with E-state index >= 15 is 0 Å². The molecule has 0 radical (unpaired) electrons. The predicted molar refractivity (Wildman–Crippen MR) is 101 cm³/mol. The third kappa shape index (κ3) is 4.36. The van der Waals surface area contributed by atoms with Crippen molar-refractivity contribution >= 4 is 43.9 Å². The fourth-order valence-electron chi connectivity index (χ4n) is 2.63. The number of benzene rings is 1. The Morgan fingerprint density at radius 3 is 2.32 bits per heavy atom. The number of rotatable bonds is 6. The van der Waals surface area contributed by atoms with E-state index in [0.717, 1.165) is 14.5 Å². The van der Waals surface area contributed by atoms with Crippen LogP contribution in [0.3, 0.4) is 0 Å². The Morgan fingerprint density at radius 1 is 1.16 bits per heavy atom. The van der Waals surface area contributed by atoms with Crippen LogP contribution < -0.4 is 15.4 Å². The van der Waals surface area contributed by atoms with Crippen LogP contribution in [-0.2, 0) is 9.53 Å². The molecule has 1 atom stereocenters. The Labute approximate surface area is 163 Å². The van der Waals surface area contributed by atoms with Gasteiger partial charge in [-0.3, -0.25) is 0 Å². The quantitative estimate of drug-likeness (QED) is 0.604. The second-order valence-corrected chi connectivity index (χ2v) is 6.95. The highest BCUT2D eigenvalue weighted by atomic mass is 79.9. The van der Waals surface area contributed by atoms with Crippen molar-refractivity contribution in [2.24, 2.45) is 0 Å². The van der Waals surface area contributed by atoms with E-state index in [4.69, 9.17) is 9.47 Å². The first-order valence-electron chi connectivity index (χ1n) is 8.02. The summed E-state index contributed by atoms with van der Waals surface area (Å²) in [6.45, 7) is 6.30. The van der Waals surface area contributed by atoms with E-state index in [9.17, 15) is 9.59 Å². The van der Waals surface area contributed by atoms with Gasteiger partial charge in [-0.1, -0.05) is 6.92 Å². The topological polar surface area (TPSA) is 76.7 Å². The Kier molecular flexibility index (Phi) is 6.89. The Bertz CT molecular complexity index is 696. The molecule has 0 aliphatic carbocycles. The van der Waals surface area contributed by atoms with Crippen LogP contribution in [0.1, 0.15) is 38.8 Å². The van der Waals surface area contributed by atoms with Crippen molar-refractivity contribution < 1.29 is 19.1 Å². The molecule has 0 fully saturated rings. The van der Waals surface area contributed by atoms with Gasteiger partial charge in [-0.2, -0.15) is 0 Å². The van der Waals surface area contributed by atoms with E-state index in [1.807, 2.05) is 26.0 Å². The van der Waals surface area contributed by atoms with Crippen LogP contribution in [-0.4, -0.2) is 25.2 Å². The summed E-state index contributed by atoms with van der Waals surface area (Å²) in [4.78, 5) is 24.5. The van der Waals surface area contributed by atoms with Crippen LogP contribution in [0.25, 0.3) is 0 Å². The number of halogens is 2. The van der Waals surface area contributed by atoms with E-state index in [2.05, 4.69) is 42.5 Å². The second-order valence-electron chi connectivity index (χ2n) is 5.24. The van der Waals surface area contributed by atoms with E-state index in [-0.39, 0.29) is 12.6 Å². The van der Waals surface area contributed by atoms with Crippen LogP contribution in [0.2, 0.25) is 0 Å². The zero-order valence-electron chi connectivity index (χ0n) is 14.2. The number of carbonyl (C=O) groups excluding carboxylic acids is 2. The van der Waals surface area contributed by atoms with Crippen LogP contribution in [0, 0.1) is 0 Å². The Hall–Kier alpha value is -1.54. The van der Waals surface area contributed by atoms with Gasteiger partial charge in [0, 0.05) is 5.70 Å². The van der Waals surface area contributed by atoms with Crippen LogP contribution in [0.15, 0.2) is 32.3 Å². The first-order valence-corrected chi connectivity index (χ1v) is 9.60. The van der Waals surface area contributed by atoms with Gasteiger partial charge < -0.3 is 20.1 Å². The average molecular weight is 476 g/mol. The van der Waals surface area contributed by atoms with Gasteiger partial charge in [0.2, 0.25) is 0 Å². The molecule has 0 saturated carbocycles. The molecule has 8 heteroatoms. The maximum Gasteiger partial charge on any atom is 0.338 e. The lowest BCUT2D eigenvalue weighted by atomic mass is 9.94. The van der Waals surface area contributed by atoms with Crippen molar-refractivity contribution in [1.29, 1.82) is 0 Å². The molecule has 0 bridgehead atoms.